The molecule has 0 saturated carbocycles. The van der Waals surface area contributed by atoms with Crippen molar-refractivity contribution in [3.63, 3.8) is 0 Å². The lowest BCUT2D eigenvalue weighted by Gasteiger charge is -2.05. The molecule has 1 aromatic carbocycles. The SMILES string of the molecule is Cn1cnnc1Sc1ccc(NC(=O)CCc2nc(-c3cccs3)no2)cc1. The summed E-state index contributed by atoms with van der Waals surface area (Å²) < 4.78 is 7.06. The Hall–Kier alpha value is -2.98. The Balaban J connectivity index is 1.28. The molecule has 0 aliphatic carbocycles. The van der Waals surface area contributed by atoms with Crippen LogP contribution in [0.2, 0.25) is 0 Å². The first kappa shape index (κ1) is 18.4. The van der Waals surface area contributed by atoms with Crippen molar-refractivity contribution in [1.82, 2.24) is 24.9 Å². The zero-order valence-electron chi connectivity index (χ0n) is 14.9. The first-order valence-electron chi connectivity index (χ1n) is 8.45. The summed E-state index contributed by atoms with van der Waals surface area (Å²) in [5.41, 5.74) is 0.733. The summed E-state index contributed by atoms with van der Waals surface area (Å²) in [5, 5.41) is 17.5. The first-order chi connectivity index (χ1) is 13.7. The van der Waals surface area contributed by atoms with Gasteiger partial charge in [0, 0.05) is 30.5 Å². The van der Waals surface area contributed by atoms with Gasteiger partial charge >= 0.3 is 0 Å². The third kappa shape index (κ3) is 4.46. The van der Waals surface area contributed by atoms with E-state index >= 15 is 0 Å². The van der Waals surface area contributed by atoms with Crippen molar-refractivity contribution in [3.8, 4) is 10.7 Å². The molecule has 4 aromatic rings. The number of hydrogen-bond donors (Lipinski definition) is 1. The van der Waals surface area contributed by atoms with Gasteiger partial charge in [-0.2, -0.15) is 4.98 Å². The average molecular weight is 413 g/mol. The maximum absolute atomic E-state index is 12.2. The zero-order valence-corrected chi connectivity index (χ0v) is 16.5. The topological polar surface area (TPSA) is 98.7 Å². The standard InChI is InChI=1S/C18H16N6O2S2/c1-24-11-19-22-18(24)28-13-6-4-12(5-7-13)20-15(25)8-9-16-21-17(23-26-16)14-3-2-10-27-14/h2-7,10-11H,8-9H2,1H3,(H,20,25). The molecule has 0 aliphatic heterocycles. The molecule has 0 bridgehead atoms. The lowest BCUT2D eigenvalue weighted by atomic mass is 10.2. The van der Waals surface area contributed by atoms with Crippen molar-refractivity contribution < 1.29 is 9.32 Å². The van der Waals surface area contributed by atoms with Crippen LogP contribution in [0.3, 0.4) is 0 Å². The molecule has 4 rings (SSSR count). The fourth-order valence-corrected chi connectivity index (χ4v) is 3.79. The second-order valence-electron chi connectivity index (χ2n) is 5.89. The fraction of sp³-hybridized carbons (Fsp3) is 0.167. The van der Waals surface area contributed by atoms with E-state index in [-0.39, 0.29) is 12.3 Å². The Labute approximate surface area is 169 Å². The number of aryl methyl sites for hydroxylation is 2. The summed E-state index contributed by atoms with van der Waals surface area (Å²) >= 11 is 3.05. The molecule has 1 amide bonds. The van der Waals surface area contributed by atoms with Crippen molar-refractivity contribution in [2.75, 3.05) is 5.32 Å². The summed E-state index contributed by atoms with van der Waals surface area (Å²) in [6.07, 6.45) is 2.32. The van der Waals surface area contributed by atoms with Gasteiger partial charge in [0.25, 0.3) is 0 Å². The predicted molar refractivity (Wildman–Crippen MR) is 106 cm³/mol. The number of nitrogens with zero attached hydrogens (tertiary/aromatic N) is 5. The van der Waals surface area contributed by atoms with Gasteiger partial charge in [0.05, 0.1) is 4.88 Å². The number of rotatable bonds is 7. The highest BCUT2D eigenvalue weighted by molar-refractivity contribution is 7.99. The molecule has 0 unspecified atom stereocenters. The number of anilines is 1. The van der Waals surface area contributed by atoms with Crippen LogP contribution in [0, 0.1) is 0 Å². The largest absolute Gasteiger partial charge is 0.339 e. The minimum Gasteiger partial charge on any atom is -0.339 e. The average Bonchev–Trinajstić information content (AvgIpc) is 3.44. The number of hydrogen-bond acceptors (Lipinski definition) is 8. The lowest BCUT2D eigenvalue weighted by Crippen LogP contribution is -2.12. The summed E-state index contributed by atoms with van der Waals surface area (Å²) in [5.74, 6) is 0.903. The van der Waals surface area contributed by atoms with Crippen molar-refractivity contribution in [2.24, 2.45) is 7.05 Å². The summed E-state index contributed by atoms with van der Waals surface area (Å²) in [6, 6.07) is 11.4. The van der Waals surface area contributed by atoms with Crippen LogP contribution >= 0.6 is 23.1 Å². The molecule has 8 nitrogen and oxygen atoms in total. The van der Waals surface area contributed by atoms with E-state index in [0.717, 1.165) is 20.6 Å². The van der Waals surface area contributed by atoms with Crippen molar-refractivity contribution >= 4 is 34.7 Å². The molecular formula is C18H16N6O2S2. The van der Waals surface area contributed by atoms with E-state index in [1.54, 1.807) is 17.7 Å². The molecule has 0 aliphatic rings. The van der Waals surface area contributed by atoms with Gasteiger partial charge < -0.3 is 14.4 Å². The van der Waals surface area contributed by atoms with E-state index in [2.05, 4.69) is 25.7 Å². The number of amides is 1. The van der Waals surface area contributed by atoms with Gasteiger partial charge in [-0.3, -0.25) is 4.79 Å². The summed E-state index contributed by atoms with van der Waals surface area (Å²) in [4.78, 5) is 18.5. The lowest BCUT2D eigenvalue weighted by molar-refractivity contribution is -0.116. The molecule has 0 atom stereocenters. The van der Waals surface area contributed by atoms with E-state index in [4.69, 9.17) is 4.52 Å². The second kappa shape index (κ2) is 8.36. The van der Waals surface area contributed by atoms with Gasteiger partial charge in [-0.05, 0) is 47.5 Å². The third-order valence-electron chi connectivity index (χ3n) is 3.79. The molecule has 0 radical (unpaired) electrons. The highest BCUT2D eigenvalue weighted by Gasteiger charge is 2.11. The Morgan fingerprint density at radius 1 is 1.29 bits per heavy atom. The van der Waals surface area contributed by atoms with Crippen LogP contribution in [0.4, 0.5) is 5.69 Å². The molecule has 10 heteroatoms. The molecule has 0 spiro atoms. The van der Waals surface area contributed by atoms with Gasteiger partial charge in [0.2, 0.25) is 17.6 Å². The third-order valence-corrected chi connectivity index (χ3v) is 5.72. The van der Waals surface area contributed by atoms with Crippen LogP contribution in [0.25, 0.3) is 10.7 Å². The maximum Gasteiger partial charge on any atom is 0.227 e. The number of carbonyl (C=O) groups excluding carboxylic acids is 1. The molecule has 0 fully saturated rings. The number of aromatic nitrogens is 5. The molecular weight excluding hydrogens is 396 g/mol. The quantitative estimate of drug-likeness (QED) is 0.495. The molecule has 0 saturated heterocycles. The minimum atomic E-state index is -0.107. The first-order valence-corrected chi connectivity index (χ1v) is 10.2. The van der Waals surface area contributed by atoms with Crippen LogP contribution in [-0.4, -0.2) is 30.8 Å². The van der Waals surface area contributed by atoms with Crippen LogP contribution in [-0.2, 0) is 18.3 Å². The highest BCUT2D eigenvalue weighted by atomic mass is 32.2. The normalized spacial score (nSPS) is 10.9. The smallest absolute Gasteiger partial charge is 0.227 e. The predicted octanol–water partition coefficient (Wildman–Crippen LogP) is 3.65. The summed E-state index contributed by atoms with van der Waals surface area (Å²) in [6.45, 7) is 0. The number of thiophene rings is 1. The van der Waals surface area contributed by atoms with Crippen LogP contribution in [0.15, 0.2) is 62.7 Å². The van der Waals surface area contributed by atoms with Crippen molar-refractivity contribution in [1.29, 1.82) is 0 Å². The molecule has 142 valence electrons. The molecule has 3 heterocycles. The van der Waals surface area contributed by atoms with E-state index in [1.165, 1.54) is 11.8 Å². The number of nitrogens with one attached hydrogen (secondary N) is 1. The van der Waals surface area contributed by atoms with E-state index in [0.29, 0.717) is 18.1 Å². The minimum absolute atomic E-state index is 0.107. The van der Waals surface area contributed by atoms with E-state index < -0.39 is 0 Å². The van der Waals surface area contributed by atoms with Crippen molar-refractivity contribution in [3.05, 3.63) is 54.0 Å². The number of carbonyl (C=O) groups is 1. The van der Waals surface area contributed by atoms with E-state index in [1.807, 2.05) is 53.4 Å². The van der Waals surface area contributed by atoms with Crippen LogP contribution in [0.1, 0.15) is 12.3 Å². The van der Waals surface area contributed by atoms with Gasteiger partial charge in [-0.1, -0.05) is 11.2 Å². The Kier molecular flexibility index (Phi) is 5.49. The Morgan fingerprint density at radius 2 is 2.14 bits per heavy atom. The van der Waals surface area contributed by atoms with Gasteiger partial charge in [0.1, 0.15) is 6.33 Å². The van der Waals surface area contributed by atoms with Crippen molar-refractivity contribution in [2.45, 2.75) is 22.9 Å². The van der Waals surface area contributed by atoms with Gasteiger partial charge in [-0.25, -0.2) is 0 Å². The fourth-order valence-electron chi connectivity index (χ4n) is 2.38. The number of benzene rings is 1. The summed E-state index contributed by atoms with van der Waals surface area (Å²) in [7, 11) is 1.89. The van der Waals surface area contributed by atoms with E-state index in [9.17, 15) is 4.79 Å². The maximum atomic E-state index is 12.2. The van der Waals surface area contributed by atoms with Gasteiger partial charge in [-0.15, -0.1) is 21.5 Å². The Morgan fingerprint density at radius 3 is 2.86 bits per heavy atom. The molecule has 1 N–H and O–H groups in total. The highest BCUT2D eigenvalue weighted by Crippen LogP contribution is 2.26. The molecule has 28 heavy (non-hydrogen) atoms. The van der Waals surface area contributed by atoms with Crippen LogP contribution in [0.5, 0.6) is 0 Å². The van der Waals surface area contributed by atoms with Crippen LogP contribution < -0.4 is 5.32 Å². The van der Waals surface area contributed by atoms with Gasteiger partial charge in [0.15, 0.2) is 5.16 Å². The second-order valence-corrected chi connectivity index (χ2v) is 7.88. The molecule has 3 aromatic heterocycles. The zero-order chi connectivity index (χ0) is 19.3. The Bertz CT molecular complexity index is 1060. The monoisotopic (exact) mass is 412 g/mol.